The lowest BCUT2D eigenvalue weighted by Gasteiger charge is -2.28. The molecular weight excluding hydrogens is 670 g/mol. The van der Waals surface area contributed by atoms with E-state index >= 15 is 0 Å². The minimum atomic E-state index is -0.714. The molecule has 264 valence electrons. The van der Waals surface area contributed by atoms with Crippen LogP contribution >= 0.6 is 0 Å². The van der Waals surface area contributed by atoms with Gasteiger partial charge < -0.3 is 50.2 Å². The molecule has 52 heavy (non-hydrogen) atoms. The van der Waals surface area contributed by atoms with Crippen molar-refractivity contribution >= 4 is 56.8 Å². The maximum atomic E-state index is 14.2. The second kappa shape index (κ2) is 9.90. The predicted octanol–water partition coefficient (Wildman–Crippen LogP) is 3.85. The number of piperidine rings is 1. The average Bonchev–Trinajstić information content (AvgIpc) is 3.85. The number of phenols is 2. The summed E-state index contributed by atoms with van der Waals surface area (Å²) in [5, 5.41) is 23.9. The highest BCUT2D eigenvalue weighted by molar-refractivity contribution is 6.15. The second-order valence-electron chi connectivity index (χ2n) is 14.2. The molecule has 6 heterocycles. The highest BCUT2D eigenvalue weighted by Crippen LogP contribution is 2.67. The maximum Gasteiger partial charge on any atom is 0.319 e. The Hall–Kier alpha value is -6.38. The molecule has 3 aromatic heterocycles. The van der Waals surface area contributed by atoms with Crippen molar-refractivity contribution in [1.29, 1.82) is 0 Å². The summed E-state index contributed by atoms with van der Waals surface area (Å²) in [6.07, 6.45) is 5.12. The molecule has 10 rings (SSSR count). The number of phenolic OH excluding ortho intramolecular Hbond substituents is 2. The van der Waals surface area contributed by atoms with Crippen LogP contribution in [0.25, 0.3) is 21.8 Å². The van der Waals surface area contributed by atoms with E-state index in [4.69, 9.17) is 15.2 Å². The van der Waals surface area contributed by atoms with Gasteiger partial charge in [0.25, 0.3) is 11.8 Å². The summed E-state index contributed by atoms with van der Waals surface area (Å²) in [6, 6.07) is 2.66. The monoisotopic (exact) mass is 703 g/mol. The quantitative estimate of drug-likeness (QED) is 0.162. The number of fused-ring (bicyclic) bond motifs is 7. The van der Waals surface area contributed by atoms with Crippen LogP contribution in [0.5, 0.6) is 23.0 Å². The predicted molar refractivity (Wildman–Crippen MR) is 188 cm³/mol. The van der Waals surface area contributed by atoms with Gasteiger partial charge in [0.15, 0.2) is 23.0 Å². The largest absolute Gasteiger partial charge is 0.503 e. The van der Waals surface area contributed by atoms with Crippen LogP contribution in [-0.4, -0.2) is 87.5 Å². The number of nitrogens with zero attached hydrogens (tertiary/aromatic N) is 3. The molecule has 7 N–H and O–H groups in total. The second-order valence-corrected chi connectivity index (χ2v) is 14.2. The SMILES string of the molecule is COc1c(O)c2c(c3cc(C(=O)N4CCc5c4c(O)c(OC)c4[nH]c(C(=O)N6C[C@H]7CC78C6=CC(=O)c6[nH]cc(C)c68)cc54)[nH]c13)CCN2C(N)=O. The number of primary amides is 1. The standard InChI is InChI=1S/C37H33N7O8/c1-14-12-39-27-22(45)10-23-37(24(14)27)11-15(37)13-44(23)35(49)21-9-18-16-4-6-42(28(16)30(46)32(51-2)25(18)41-21)34(48)20-8-19-17-5-7-43(36(38)50)29(17)31(47)33(52-3)26(19)40-20/h8-10,12,15,39-41,46-47H,4-7,11,13H2,1-3H3,(H2,38,50)/t15-,37?/m1/s1. The first-order valence-corrected chi connectivity index (χ1v) is 17.0. The maximum absolute atomic E-state index is 14.2. The molecule has 3 aliphatic heterocycles. The number of H-pyrrole nitrogens is 3. The molecule has 2 atom stereocenters. The number of ether oxygens (including phenoxy) is 2. The normalized spacial score (nSPS) is 20.9. The molecule has 1 unspecified atom stereocenters. The summed E-state index contributed by atoms with van der Waals surface area (Å²) in [6.45, 7) is 2.96. The third kappa shape index (κ3) is 3.54. The fraction of sp³-hybridized carbons (Fsp3) is 0.297. The van der Waals surface area contributed by atoms with E-state index in [2.05, 4.69) is 15.0 Å². The van der Waals surface area contributed by atoms with Gasteiger partial charge in [-0.3, -0.25) is 19.3 Å². The number of nitrogens with one attached hydrogen (secondary N) is 3. The summed E-state index contributed by atoms with van der Waals surface area (Å²) in [7, 11) is 2.79. The van der Waals surface area contributed by atoms with E-state index in [-0.39, 0.29) is 81.9 Å². The molecule has 2 aliphatic carbocycles. The van der Waals surface area contributed by atoms with Crippen molar-refractivity contribution in [2.45, 2.75) is 31.6 Å². The first kappa shape index (κ1) is 30.4. The van der Waals surface area contributed by atoms with Crippen molar-refractivity contribution < 1.29 is 38.9 Å². The number of nitrogens with two attached hydrogens (primary N) is 1. The van der Waals surface area contributed by atoms with E-state index in [0.29, 0.717) is 58.0 Å². The van der Waals surface area contributed by atoms with Crippen molar-refractivity contribution in [2.75, 3.05) is 43.7 Å². The summed E-state index contributed by atoms with van der Waals surface area (Å²) in [5.74, 6) is -1.04. The first-order chi connectivity index (χ1) is 25.0. The van der Waals surface area contributed by atoms with E-state index in [1.807, 2.05) is 13.1 Å². The fourth-order valence-corrected chi connectivity index (χ4v) is 9.58. The summed E-state index contributed by atoms with van der Waals surface area (Å²) in [5.41, 5.74) is 11.6. The molecule has 5 aromatic rings. The van der Waals surface area contributed by atoms with E-state index in [0.717, 1.165) is 23.2 Å². The van der Waals surface area contributed by atoms with Gasteiger partial charge >= 0.3 is 6.03 Å². The topological polar surface area (TPSA) is 210 Å². The number of benzene rings is 2. The Kier molecular flexibility index (Phi) is 5.79. The van der Waals surface area contributed by atoms with Crippen LogP contribution in [0.3, 0.4) is 0 Å². The van der Waals surface area contributed by atoms with E-state index in [9.17, 15) is 29.4 Å². The van der Waals surface area contributed by atoms with Crippen molar-refractivity contribution in [3.8, 4) is 23.0 Å². The van der Waals surface area contributed by atoms with Gasteiger partial charge in [-0.15, -0.1) is 0 Å². The zero-order valence-corrected chi connectivity index (χ0v) is 28.4. The minimum absolute atomic E-state index is 0.0665. The van der Waals surface area contributed by atoms with Crippen molar-refractivity contribution in [2.24, 2.45) is 11.7 Å². The van der Waals surface area contributed by atoms with Crippen molar-refractivity contribution in [1.82, 2.24) is 19.9 Å². The molecule has 1 spiro atoms. The van der Waals surface area contributed by atoms with Gasteiger partial charge in [0.05, 0.1) is 42.3 Å². The molecule has 4 amide bonds. The number of hydrogen-bond acceptors (Lipinski definition) is 8. The van der Waals surface area contributed by atoms with Crippen LogP contribution in [0, 0.1) is 12.8 Å². The number of allylic oxidation sites excluding steroid dienone is 2. The van der Waals surface area contributed by atoms with Gasteiger partial charge in [-0.05, 0) is 66.5 Å². The zero-order valence-electron chi connectivity index (χ0n) is 28.4. The van der Waals surface area contributed by atoms with Gasteiger partial charge in [-0.2, -0.15) is 0 Å². The number of rotatable bonds is 4. The van der Waals surface area contributed by atoms with Crippen LogP contribution in [0.2, 0.25) is 0 Å². The van der Waals surface area contributed by atoms with E-state index < -0.39 is 11.9 Å². The molecular formula is C37H33N7O8. The molecule has 5 aliphatic rings. The molecule has 2 aromatic carbocycles. The highest BCUT2D eigenvalue weighted by atomic mass is 16.5. The number of aryl methyl sites for hydroxylation is 1. The fourth-order valence-electron chi connectivity index (χ4n) is 9.58. The first-order valence-electron chi connectivity index (χ1n) is 17.0. The molecule has 1 saturated carbocycles. The molecule has 15 nitrogen and oxygen atoms in total. The summed E-state index contributed by atoms with van der Waals surface area (Å²) >= 11 is 0. The number of hydrogen-bond donors (Lipinski definition) is 6. The Morgan fingerprint density at radius 1 is 0.885 bits per heavy atom. The number of likely N-dealkylation sites (tertiary alicyclic amines) is 1. The number of aromatic nitrogens is 3. The number of amides is 4. The number of aromatic hydroxyl groups is 2. The molecule has 1 saturated heterocycles. The number of carbonyl (C=O) groups excluding carboxylic acids is 4. The van der Waals surface area contributed by atoms with Crippen molar-refractivity contribution in [3.05, 3.63) is 69.4 Å². The van der Waals surface area contributed by atoms with Gasteiger partial charge in [0, 0.05) is 53.8 Å². The smallest absolute Gasteiger partial charge is 0.319 e. The summed E-state index contributed by atoms with van der Waals surface area (Å²) < 4.78 is 11.2. The van der Waals surface area contributed by atoms with Crippen LogP contribution < -0.4 is 25.0 Å². The number of carbonyl (C=O) groups is 4. The molecule has 0 radical (unpaired) electrons. The number of ketones is 1. The Morgan fingerprint density at radius 2 is 1.44 bits per heavy atom. The van der Waals surface area contributed by atoms with Crippen molar-refractivity contribution in [3.63, 3.8) is 0 Å². The number of anilines is 2. The van der Waals surface area contributed by atoms with Gasteiger partial charge in [0.2, 0.25) is 5.78 Å². The third-order valence-corrected chi connectivity index (χ3v) is 11.8. The van der Waals surface area contributed by atoms with Gasteiger partial charge in [0.1, 0.15) is 11.4 Å². The van der Waals surface area contributed by atoms with Crippen LogP contribution in [0.4, 0.5) is 16.2 Å². The average molecular weight is 704 g/mol. The van der Waals surface area contributed by atoms with E-state index in [1.54, 1.807) is 23.1 Å². The number of aromatic amines is 3. The van der Waals surface area contributed by atoms with Gasteiger partial charge in [-0.25, -0.2) is 4.79 Å². The lowest BCUT2D eigenvalue weighted by Crippen LogP contribution is -2.34. The van der Waals surface area contributed by atoms with Crippen LogP contribution in [0.1, 0.15) is 60.1 Å². The Bertz CT molecular complexity index is 2570. The lowest BCUT2D eigenvalue weighted by molar-refractivity contribution is 0.0806. The number of urea groups is 1. The Labute approximate surface area is 294 Å². The Balaban J connectivity index is 1.03. The summed E-state index contributed by atoms with van der Waals surface area (Å²) in [4.78, 5) is 67.5. The highest BCUT2D eigenvalue weighted by Gasteiger charge is 2.68. The number of methoxy groups -OCH3 is 2. The third-order valence-electron chi connectivity index (χ3n) is 11.8. The van der Waals surface area contributed by atoms with Crippen LogP contribution in [-0.2, 0) is 18.3 Å². The molecule has 2 fully saturated rings. The van der Waals surface area contributed by atoms with E-state index in [1.165, 1.54) is 24.0 Å². The molecule has 15 heteroatoms. The van der Waals surface area contributed by atoms with Crippen LogP contribution in [0.15, 0.2) is 30.1 Å². The lowest BCUT2D eigenvalue weighted by atomic mass is 9.83. The molecule has 0 bridgehead atoms. The zero-order chi connectivity index (χ0) is 36.1. The Morgan fingerprint density at radius 3 is 2.02 bits per heavy atom. The minimum Gasteiger partial charge on any atom is -0.503 e. The van der Waals surface area contributed by atoms with Gasteiger partial charge in [-0.1, -0.05) is 0 Å².